The number of rotatable bonds is 5. The van der Waals surface area contributed by atoms with Crippen molar-refractivity contribution in [2.75, 3.05) is 6.61 Å². The molecule has 0 aromatic carbocycles. The number of sulfonamides is 1. The number of aromatic amines is 1. The van der Waals surface area contributed by atoms with Crippen molar-refractivity contribution in [3.63, 3.8) is 0 Å². The van der Waals surface area contributed by atoms with Crippen molar-refractivity contribution in [2.24, 2.45) is 5.73 Å². The lowest BCUT2D eigenvalue weighted by molar-refractivity contribution is -0.0248. The Hall–Kier alpha value is -0.740. The molecule has 1 aliphatic rings. The van der Waals surface area contributed by atoms with Gasteiger partial charge in [-0.05, 0) is 20.3 Å². The second kappa shape index (κ2) is 5.33. The topological polar surface area (TPSA) is 114 Å². The Morgan fingerprint density at radius 1 is 1.58 bits per heavy atom. The molecule has 19 heavy (non-hydrogen) atoms. The molecule has 3 unspecified atom stereocenters. The first-order chi connectivity index (χ1) is 8.85. The zero-order chi connectivity index (χ0) is 14.2. The van der Waals surface area contributed by atoms with E-state index in [0.717, 1.165) is 0 Å². The molecule has 0 radical (unpaired) electrons. The first-order valence-electron chi connectivity index (χ1n) is 5.94. The summed E-state index contributed by atoms with van der Waals surface area (Å²) in [5.74, 6) is 0. The van der Waals surface area contributed by atoms with Crippen LogP contribution in [0.1, 0.15) is 19.0 Å². The summed E-state index contributed by atoms with van der Waals surface area (Å²) < 4.78 is 32.3. The zero-order valence-corrected chi connectivity index (χ0v) is 12.3. The maximum Gasteiger partial charge on any atom is 0.305 e. The molecule has 1 aromatic heterocycles. The number of nitrogens with two attached hydrogens (primary N) is 1. The Morgan fingerprint density at radius 2 is 2.26 bits per heavy atom. The largest absolute Gasteiger partial charge is 0.377 e. The van der Waals surface area contributed by atoms with Gasteiger partial charge in [-0.15, -0.1) is 0 Å². The van der Waals surface area contributed by atoms with Crippen LogP contribution in [0.5, 0.6) is 0 Å². The molecule has 0 bridgehead atoms. The van der Waals surface area contributed by atoms with Gasteiger partial charge in [0.15, 0.2) is 4.21 Å². The number of ether oxygens (including phenoxy) is 1. The molecule has 0 saturated heterocycles. The summed E-state index contributed by atoms with van der Waals surface area (Å²) in [6, 6.07) is -0.705. The molecule has 1 saturated carbocycles. The second-order valence-electron chi connectivity index (χ2n) is 4.47. The van der Waals surface area contributed by atoms with Gasteiger partial charge in [-0.25, -0.2) is 13.1 Å². The smallest absolute Gasteiger partial charge is 0.305 e. The summed E-state index contributed by atoms with van der Waals surface area (Å²) in [5.41, 5.74) is 6.14. The summed E-state index contributed by atoms with van der Waals surface area (Å²) in [5, 5.41) is 0. The van der Waals surface area contributed by atoms with Crippen LogP contribution in [0.25, 0.3) is 0 Å². The van der Waals surface area contributed by atoms with E-state index in [9.17, 15) is 13.2 Å². The van der Waals surface area contributed by atoms with Gasteiger partial charge in [-0.1, -0.05) is 11.3 Å². The Kier molecular flexibility index (Phi) is 4.11. The van der Waals surface area contributed by atoms with Crippen LogP contribution in [0.15, 0.2) is 9.00 Å². The molecule has 0 aliphatic heterocycles. The van der Waals surface area contributed by atoms with E-state index < -0.39 is 20.9 Å². The van der Waals surface area contributed by atoms with Crippen LogP contribution in [0, 0.1) is 6.92 Å². The maximum absolute atomic E-state index is 12.2. The molecule has 9 heteroatoms. The second-order valence-corrected chi connectivity index (χ2v) is 7.36. The minimum Gasteiger partial charge on any atom is -0.377 e. The Labute approximate surface area is 115 Å². The van der Waals surface area contributed by atoms with E-state index in [0.29, 0.717) is 30.1 Å². The molecule has 0 amide bonds. The highest BCUT2D eigenvalue weighted by Gasteiger charge is 2.42. The fraction of sp³-hybridized carbons (Fsp3) is 0.700. The first kappa shape index (κ1) is 14.7. The third-order valence-corrected chi connectivity index (χ3v) is 6.13. The van der Waals surface area contributed by atoms with E-state index in [1.54, 1.807) is 6.92 Å². The third kappa shape index (κ3) is 2.90. The van der Waals surface area contributed by atoms with Gasteiger partial charge >= 0.3 is 4.87 Å². The fourth-order valence-electron chi connectivity index (χ4n) is 2.07. The minimum atomic E-state index is -3.74. The summed E-state index contributed by atoms with van der Waals surface area (Å²) in [6.07, 6.45) is 0.425. The molecule has 1 aliphatic carbocycles. The van der Waals surface area contributed by atoms with Gasteiger partial charge in [-0.3, -0.25) is 4.79 Å². The number of aromatic nitrogens is 1. The molecule has 3 atom stereocenters. The summed E-state index contributed by atoms with van der Waals surface area (Å²) in [6.45, 7) is 3.90. The van der Waals surface area contributed by atoms with E-state index in [1.165, 1.54) is 0 Å². The normalized spacial score (nSPS) is 27.2. The number of thiazole rings is 1. The predicted molar refractivity (Wildman–Crippen MR) is 71.8 cm³/mol. The summed E-state index contributed by atoms with van der Waals surface area (Å²) >= 11 is 0.670. The summed E-state index contributed by atoms with van der Waals surface area (Å²) in [7, 11) is -3.74. The molecule has 1 aromatic rings. The molecule has 1 fully saturated rings. The van der Waals surface area contributed by atoms with E-state index >= 15 is 0 Å². The highest BCUT2D eigenvalue weighted by molar-refractivity contribution is 7.91. The van der Waals surface area contributed by atoms with E-state index in [2.05, 4.69) is 9.71 Å². The third-order valence-electron chi connectivity index (χ3n) is 3.06. The van der Waals surface area contributed by atoms with Gasteiger partial charge in [-0.2, -0.15) is 0 Å². The van der Waals surface area contributed by atoms with E-state index in [1.807, 2.05) is 6.92 Å². The number of hydrogen-bond acceptors (Lipinski definition) is 6. The lowest BCUT2D eigenvalue weighted by Crippen LogP contribution is -2.64. The standard InChI is InChI=1S/C10H17N3O4S2/c1-3-17-7-4-6(11)8(7)13-19(15,16)9-5(2)12-10(14)18-9/h6-8,13H,3-4,11H2,1-2H3,(H,12,14). The Morgan fingerprint density at radius 3 is 2.74 bits per heavy atom. The quantitative estimate of drug-likeness (QED) is 0.680. The molecule has 4 N–H and O–H groups in total. The molecule has 0 spiro atoms. The van der Waals surface area contributed by atoms with Crippen LogP contribution in [0.4, 0.5) is 0 Å². The zero-order valence-electron chi connectivity index (χ0n) is 10.7. The van der Waals surface area contributed by atoms with Gasteiger partial charge in [0, 0.05) is 18.3 Å². The Balaban J connectivity index is 2.17. The number of H-pyrrole nitrogens is 1. The number of aryl methyl sites for hydroxylation is 1. The van der Waals surface area contributed by atoms with Crippen LogP contribution in [-0.2, 0) is 14.8 Å². The predicted octanol–water partition coefficient (Wildman–Crippen LogP) is -0.472. The molecule has 2 rings (SSSR count). The van der Waals surface area contributed by atoms with Crippen molar-refractivity contribution in [3.8, 4) is 0 Å². The summed E-state index contributed by atoms with van der Waals surface area (Å²) in [4.78, 5) is 13.2. The van der Waals surface area contributed by atoms with Gasteiger partial charge in [0.1, 0.15) is 0 Å². The van der Waals surface area contributed by atoms with Gasteiger partial charge in [0.05, 0.1) is 12.1 Å². The average Bonchev–Trinajstić information content (AvgIpc) is 2.66. The van der Waals surface area contributed by atoms with Crippen LogP contribution in [0.3, 0.4) is 0 Å². The van der Waals surface area contributed by atoms with Gasteiger partial charge < -0.3 is 15.5 Å². The SMILES string of the molecule is CCOC1CC(N)C1NS(=O)(=O)c1sc(=O)[nH]c1C. The Bertz CT molecular complexity index is 605. The van der Waals surface area contributed by atoms with E-state index in [-0.39, 0.29) is 16.4 Å². The van der Waals surface area contributed by atoms with Crippen molar-refractivity contribution in [1.82, 2.24) is 9.71 Å². The molecular weight excluding hydrogens is 290 g/mol. The lowest BCUT2D eigenvalue weighted by Gasteiger charge is -2.42. The van der Waals surface area contributed by atoms with Crippen molar-refractivity contribution in [1.29, 1.82) is 0 Å². The van der Waals surface area contributed by atoms with Crippen molar-refractivity contribution >= 4 is 21.4 Å². The van der Waals surface area contributed by atoms with Crippen LogP contribution >= 0.6 is 11.3 Å². The van der Waals surface area contributed by atoms with Crippen LogP contribution in [-0.4, -0.2) is 38.2 Å². The van der Waals surface area contributed by atoms with Crippen LogP contribution in [0.2, 0.25) is 0 Å². The van der Waals surface area contributed by atoms with Crippen molar-refractivity contribution in [3.05, 3.63) is 15.4 Å². The molecule has 108 valence electrons. The average molecular weight is 307 g/mol. The molecule has 1 heterocycles. The lowest BCUT2D eigenvalue weighted by atomic mass is 9.84. The van der Waals surface area contributed by atoms with Crippen molar-refractivity contribution < 1.29 is 13.2 Å². The number of hydrogen-bond donors (Lipinski definition) is 3. The highest BCUT2D eigenvalue weighted by atomic mass is 32.2. The van der Waals surface area contributed by atoms with E-state index in [4.69, 9.17) is 10.5 Å². The monoisotopic (exact) mass is 307 g/mol. The molecular formula is C10H17N3O4S2. The molecule has 7 nitrogen and oxygen atoms in total. The van der Waals surface area contributed by atoms with Gasteiger partial charge in [0.25, 0.3) is 10.0 Å². The van der Waals surface area contributed by atoms with Crippen LogP contribution < -0.4 is 15.3 Å². The number of nitrogens with one attached hydrogen (secondary N) is 2. The van der Waals surface area contributed by atoms with Gasteiger partial charge in [0.2, 0.25) is 0 Å². The van der Waals surface area contributed by atoms with Crippen molar-refractivity contribution in [2.45, 2.75) is 42.7 Å². The minimum absolute atomic E-state index is 0.00634. The highest BCUT2D eigenvalue weighted by Crippen LogP contribution is 2.25. The fourth-order valence-corrected chi connectivity index (χ4v) is 4.70. The first-order valence-corrected chi connectivity index (χ1v) is 8.24. The maximum atomic E-state index is 12.2.